The molecule has 0 aliphatic heterocycles. The Balaban J connectivity index is 1.85. The molecule has 0 fully saturated rings. The average Bonchev–Trinajstić information content (AvgIpc) is 3.54. The van der Waals surface area contributed by atoms with Crippen molar-refractivity contribution in [2.45, 2.75) is 84.0 Å². The van der Waals surface area contributed by atoms with Crippen LogP contribution in [0.15, 0.2) is 46.0 Å². The fourth-order valence-corrected chi connectivity index (χ4v) is 5.14. The number of nitrogens with zero attached hydrogens (tertiary/aromatic N) is 1. The van der Waals surface area contributed by atoms with Crippen LogP contribution in [0.3, 0.4) is 0 Å². The summed E-state index contributed by atoms with van der Waals surface area (Å²) in [6.07, 6.45) is 0.877. The topological polar surface area (TPSA) is 279 Å². The van der Waals surface area contributed by atoms with Crippen LogP contribution < -0.4 is 32.2 Å². The Kier molecular flexibility index (Phi) is 14.0. The zero-order valence-electron chi connectivity index (χ0n) is 28.4. The van der Waals surface area contributed by atoms with Gasteiger partial charge in [0.25, 0.3) is 0 Å². The fraction of sp³-hybridized carbons (Fsp3) is 0.424. The van der Waals surface area contributed by atoms with Crippen LogP contribution in [0.5, 0.6) is 0 Å². The van der Waals surface area contributed by atoms with Gasteiger partial charge in [0.15, 0.2) is 0 Å². The van der Waals surface area contributed by atoms with E-state index in [1.807, 2.05) is 13.8 Å². The molecule has 18 nitrogen and oxygen atoms in total. The van der Waals surface area contributed by atoms with Crippen LogP contribution in [-0.4, -0.2) is 85.8 Å². The molecule has 274 valence electrons. The van der Waals surface area contributed by atoms with E-state index in [1.165, 1.54) is 37.6 Å². The van der Waals surface area contributed by atoms with Crippen LogP contribution in [-0.2, 0) is 40.0 Å². The summed E-state index contributed by atoms with van der Waals surface area (Å²) in [5.74, 6) is -6.87. The Bertz CT molecular complexity index is 1820. The molecule has 3 rings (SSSR count). The minimum absolute atomic E-state index is 0.0385. The van der Waals surface area contributed by atoms with Crippen molar-refractivity contribution < 1.29 is 48.2 Å². The number of nitrogens with one attached hydrogen (secondary N) is 6. The van der Waals surface area contributed by atoms with Gasteiger partial charge in [-0.05, 0) is 43.4 Å². The minimum atomic E-state index is -1.66. The van der Waals surface area contributed by atoms with Crippen molar-refractivity contribution in [2.75, 3.05) is 5.32 Å². The summed E-state index contributed by atoms with van der Waals surface area (Å²) in [6.45, 7) is 6.55. The lowest BCUT2D eigenvalue weighted by molar-refractivity contribution is -0.140. The molecule has 0 bridgehead atoms. The lowest BCUT2D eigenvalue weighted by Crippen LogP contribution is -2.58. The third-order valence-corrected chi connectivity index (χ3v) is 7.52. The molecule has 8 N–H and O–H groups in total. The maximum absolute atomic E-state index is 13.7. The van der Waals surface area contributed by atoms with Gasteiger partial charge >= 0.3 is 17.6 Å². The monoisotopic (exact) mass is 711 g/mol. The molecule has 0 saturated carbocycles. The van der Waals surface area contributed by atoms with E-state index in [-0.39, 0.29) is 36.5 Å². The van der Waals surface area contributed by atoms with E-state index < -0.39 is 84.1 Å². The number of aromatic amines is 1. The van der Waals surface area contributed by atoms with Crippen LogP contribution in [0.2, 0.25) is 0 Å². The number of rotatable bonds is 18. The van der Waals surface area contributed by atoms with Gasteiger partial charge in [-0.2, -0.15) is 0 Å². The van der Waals surface area contributed by atoms with Gasteiger partial charge in [0.2, 0.25) is 29.5 Å². The number of H-pyrrole nitrogens is 1. The number of fused-ring (bicyclic) bond motifs is 1. The van der Waals surface area contributed by atoms with Gasteiger partial charge in [0, 0.05) is 54.9 Å². The first-order valence-corrected chi connectivity index (χ1v) is 16.0. The Morgan fingerprint density at radius 2 is 1.49 bits per heavy atom. The molecule has 2 heterocycles. The summed E-state index contributed by atoms with van der Waals surface area (Å²) in [6, 6.07) is 0.107. The van der Waals surface area contributed by atoms with E-state index in [0.29, 0.717) is 16.6 Å². The van der Waals surface area contributed by atoms with Crippen LogP contribution in [0, 0.1) is 12.8 Å². The number of imidazole rings is 1. The van der Waals surface area contributed by atoms with Crippen molar-refractivity contribution in [3.05, 3.63) is 58.5 Å². The third kappa shape index (κ3) is 12.4. The number of hydrogen-bond donors (Lipinski definition) is 8. The Hall–Kier alpha value is -6.07. The molecule has 0 spiro atoms. The van der Waals surface area contributed by atoms with E-state index in [2.05, 4.69) is 36.6 Å². The summed E-state index contributed by atoms with van der Waals surface area (Å²) < 4.78 is 5.20. The number of anilines is 1. The highest BCUT2D eigenvalue weighted by Crippen LogP contribution is 2.21. The van der Waals surface area contributed by atoms with Crippen LogP contribution in [0.25, 0.3) is 11.0 Å². The van der Waals surface area contributed by atoms with Gasteiger partial charge in [-0.15, -0.1) is 0 Å². The first-order chi connectivity index (χ1) is 24.0. The van der Waals surface area contributed by atoms with Gasteiger partial charge in [-0.25, -0.2) is 9.78 Å². The number of aromatic nitrogens is 2. The number of aliphatic carboxylic acids is 2. The predicted octanol–water partition coefficient (Wildman–Crippen LogP) is 0.350. The van der Waals surface area contributed by atoms with E-state index in [0.717, 1.165) is 0 Å². The Labute approximate surface area is 291 Å². The molecule has 51 heavy (non-hydrogen) atoms. The second kappa shape index (κ2) is 18.1. The number of carboxylic acids is 2. The number of aryl methyl sites for hydroxylation is 1. The first-order valence-electron chi connectivity index (χ1n) is 16.0. The molecule has 0 unspecified atom stereocenters. The quantitative estimate of drug-likeness (QED) is 0.0830. The standard InChI is InChI=1S/C33H41N7O11/c1-16(2)9-23(36-18(4)41)32(49)38-22(7-8-27(42)43)30(47)39-24(11-20-14-34-15-35-20)33(50)40-25(13-28(44)45)31(48)37-19-5-6-21-17(3)10-29(46)51-26(21)12-19/h5-6,10,12,14-16,22-25H,7-9,11,13H2,1-4H3,(H,34,35)(H,36,41)(H,37,48)(H,38,49)(H,39,47)(H,40,50)(H,42,43)(H,44,45)/t22-,23-,24-,25+/m1/s1. The lowest BCUT2D eigenvalue weighted by atomic mass is 10.0. The second-order valence-electron chi connectivity index (χ2n) is 12.3. The molecule has 2 aromatic heterocycles. The molecule has 0 aliphatic rings. The largest absolute Gasteiger partial charge is 0.481 e. The van der Waals surface area contributed by atoms with Crippen molar-refractivity contribution in [1.82, 2.24) is 31.2 Å². The van der Waals surface area contributed by atoms with Crippen molar-refractivity contribution in [3.63, 3.8) is 0 Å². The van der Waals surface area contributed by atoms with Gasteiger partial charge in [0.1, 0.15) is 29.8 Å². The normalized spacial score (nSPS) is 13.4. The molecule has 4 atom stereocenters. The van der Waals surface area contributed by atoms with E-state index in [4.69, 9.17) is 4.42 Å². The molecule has 3 aromatic rings. The fourth-order valence-electron chi connectivity index (χ4n) is 5.14. The van der Waals surface area contributed by atoms with Crippen molar-refractivity contribution >= 4 is 58.1 Å². The SMILES string of the molecule is CC(=O)N[C@H](CC(C)C)C(=O)N[C@H](CCC(=O)O)C(=O)N[C@H](Cc1cnc[nH]1)C(=O)N[C@@H](CC(=O)O)C(=O)Nc1ccc2c(C)cc(=O)oc2c1. The molecule has 0 saturated heterocycles. The number of amides is 5. The summed E-state index contributed by atoms with van der Waals surface area (Å²) >= 11 is 0. The summed E-state index contributed by atoms with van der Waals surface area (Å²) in [5, 5.41) is 31.7. The van der Waals surface area contributed by atoms with Gasteiger partial charge in [-0.3, -0.25) is 33.6 Å². The van der Waals surface area contributed by atoms with Crippen LogP contribution in [0.4, 0.5) is 5.69 Å². The zero-order chi connectivity index (χ0) is 37.8. The lowest BCUT2D eigenvalue weighted by Gasteiger charge is -2.26. The van der Waals surface area contributed by atoms with Crippen molar-refractivity contribution in [3.8, 4) is 0 Å². The second-order valence-corrected chi connectivity index (χ2v) is 12.3. The minimum Gasteiger partial charge on any atom is -0.481 e. The highest BCUT2D eigenvalue weighted by Gasteiger charge is 2.33. The molecular formula is C33H41N7O11. The van der Waals surface area contributed by atoms with E-state index in [1.54, 1.807) is 13.0 Å². The smallest absolute Gasteiger partial charge is 0.336 e. The summed E-state index contributed by atoms with van der Waals surface area (Å²) in [4.78, 5) is 107. The summed E-state index contributed by atoms with van der Waals surface area (Å²) in [7, 11) is 0. The number of hydrogen-bond acceptors (Lipinski definition) is 10. The van der Waals surface area contributed by atoms with Crippen molar-refractivity contribution in [1.29, 1.82) is 0 Å². The maximum Gasteiger partial charge on any atom is 0.336 e. The molecule has 0 radical (unpaired) electrons. The van der Waals surface area contributed by atoms with Gasteiger partial charge < -0.3 is 46.2 Å². The highest BCUT2D eigenvalue weighted by molar-refractivity contribution is 6.01. The summed E-state index contributed by atoms with van der Waals surface area (Å²) in [5.41, 5.74) is 0.679. The van der Waals surface area contributed by atoms with Gasteiger partial charge in [0.05, 0.1) is 12.7 Å². The number of benzene rings is 1. The molecule has 18 heteroatoms. The van der Waals surface area contributed by atoms with Crippen molar-refractivity contribution in [2.24, 2.45) is 5.92 Å². The molecule has 5 amide bonds. The van der Waals surface area contributed by atoms with E-state index >= 15 is 0 Å². The Morgan fingerprint density at radius 3 is 2.10 bits per heavy atom. The number of carboxylic acid groups (broad SMARTS) is 2. The highest BCUT2D eigenvalue weighted by atomic mass is 16.4. The first kappa shape index (κ1) is 39.4. The predicted molar refractivity (Wildman–Crippen MR) is 180 cm³/mol. The maximum atomic E-state index is 13.7. The van der Waals surface area contributed by atoms with Crippen LogP contribution in [0.1, 0.15) is 57.7 Å². The zero-order valence-corrected chi connectivity index (χ0v) is 28.4. The Morgan fingerprint density at radius 1 is 0.843 bits per heavy atom. The average molecular weight is 712 g/mol. The van der Waals surface area contributed by atoms with Crippen LogP contribution >= 0.6 is 0 Å². The number of carbonyl (C=O) groups is 7. The number of carbonyl (C=O) groups excluding carboxylic acids is 5. The molecule has 0 aliphatic carbocycles. The third-order valence-electron chi connectivity index (χ3n) is 7.52. The molecule has 1 aromatic carbocycles. The molecular weight excluding hydrogens is 670 g/mol. The van der Waals surface area contributed by atoms with E-state index in [9.17, 15) is 48.6 Å². The van der Waals surface area contributed by atoms with Gasteiger partial charge in [-0.1, -0.05) is 13.8 Å².